The first kappa shape index (κ1) is 29.2. The van der Waals surface area contributed by atoms with Crippen LogP contribution in [0.2, 0.25) is 0 Å². The average molecular weight is 586 g/mol. The van der Waals surface area contributed by atoms with E-state index in [1.54, 1.807) is 24.2 Å². The van der Waals surface area contributed by atoms with Crippen LogP contribution in [-0.4, -0.2) is 40.3 Å². The number of carbonyl (C=O) groups is 1. The van der Waals surface area contributed by atoms with Crippen molar-refractivity contribution in [2.75, 3.05) is 0 Å². The van der Waals surface area contributed by atoms with Crippen molar-refractivity contribution in [2.24, 2.45) is 7.05 Å². The first-order valence-corrected chi connectivity index (χ1v) is 14.3. The van der Waals surface area contributed by atoms with Gasteiger partial charge in [-0.3, -0.25) is 14.8 Å². The molecule has 3 aromatic heterocycles. The molecule has 8 nitrogen and oxygen atoms in total. The van der Waals surface area contributed by atoms with Gasteiger partial charge in [-0.15, -0.1) is 11.8 Å². The molecule has 0 fully saturated rings. The van der Waals surface area contributed by atoms with Crippen molar-refractivity contribution in [1.29, 1.82) is 0 Å². The first-order chi connectivity index (χ1) is 20.0. The van der Waals surface area contributed by atoms with Crippen LogP contribution in [0.5, 0.6) is 5.75 Å². The number of fused-ring (bicyclic) bond motifs is 1. The average Bonchev–Trinajstić information content (AvgIpc) is 3.21. The highest BCUT2D eigenvalue weighted by molar-refractivity contribution is 8.00. The van der Waals surface area contributed by atoms with Gasteiger partial charge in [0.1, 0.15) is 18.3 Å². The Hall–Kier alpha value is -4.31. The fourth-order valence-corrected chi connectivity index (χ4v) is 6.01. The van der Waals surface area contributed by atoms with Gasteiger partial charge in [0.05, 0.1) is 30.0 Å². The van der Waals surface area contributed by atoms with Gasteiger partial charge in [0, 0.05) is 45.0 Å². The maximum Gasteiger partial charge on any atom is 0.312 e. The minimum absolute atomic E-state index is 0.169. The summed E-state index contributed by atoms with van der Waals surface area (Å²) >= 11 is 1.65. The van der Waals surface area contributed by atoms with Crippen LogP contribution >= 0.6 is 11.8 Å². The summed E-state index contributed by atoms with van der Waals surface area (Å²) < 4.78 is 21.1. The van der Waals surface area contributed by atoms with Crippen LogP contribution in [0.3, 0.4) is 0 Å². The smallest absolute Gasteiger partial charge is 0.312 e. The second-order valence-corrected chi connectivity index (χ2v) is 13.0. The lowest BCUT2D eigenvalue weighted by molar-refractivity contribution is -0.139. The summed E-state index contributed by atoms with van der Waals surface area (Å²) in [6, 6.07) is 13.2. The SMILES string of the molecule is Cc1cnc(COc2ccc3c(c2)c(SC(C)(C)C)c(C(Cc2ccc(-c4ncc(F)cn4)cc2)C(=O)O)n3C)cn1. The molecule has 5 aromatic rings. The molecule has 0 saturated heterocycles. The van der Waals surface area contributed by atoms with Crippen LogP contribution < -0.4 is 4.74 Å². The van der Waals surface area contributed by atoms with Gasteiger partial charge >= 0.3 is 5.97 Å². The highest BCUT2D eigenvalue weighted by atomic mass is 32.2. The van der Waals surface area contributed by atoms with E-state index in [9.17, 15) is 14.3 Å². The van der Waals surface area contributed by atoms with Crippen LogP contribution in [0.1, 0.15) is 49.3 Å². The zero-order valence-electron chi connectivity index (χ0n) is 24.1. The summed E-state index contributed by atoms with van der Waals surface area (Å²) in [6.45, 7) is 8.50. The van der Waals surface area contributed by atoms with Crippen molar-refractivity contribution in [2.45, 2.75) is 56.3 Å². The van der Waals surface area contributed by atoms with Gasteiger partial charge in [-0.1, -0.05) is 45.0 Å². The third-order valence-corrected chi connectivity index (χ3v) is 7.94. The Balaban J connectivity index is 1.49. The van der Waals surface area contributed by atoms with Crippen molar-refractivity contribution in [1.82, 2.24) is 24.5 Å². The van der Waals surface area contributed by atoms with E-state index in [-0.39, 0.29) is 17.8 Å². The molecule has 0 aliphatic carbocycles. The molecular formula is C32H32FN5O3S. The molecule has 0 radical (unpaired) electrons. The van der Waals surface area contributed by atoms with E-state index in [1.807, 2.05) is 61.0 Å². The number of aromatic nitrogens is 5. The van der Waals surface area contributed by atoms with Crippen LogP contribution in [0.4, 0.5) is 4.39 Å². The van der Waals surface area contributed by atoms with Crippen molar-refractivity contribution in [3.05, 3.63) is 95.7 Å². The maximum atomic E-state index is 13.2. The summed E-state index contributed by atoms with van der Waals surface area (Å²) in [6.07, 6.45) is 5.94. The number of nitrogens with zero attached hydrogens (tertiary/aromatic N) is 5. The molecule has 5 rings (SSSR count). The molecule has 2 aromatic carbocycles. The predicted octanol–water partition coefficient (Wildman–Crippen LogP) is 6.75. The number of carboxylic acid groups (broad SMARTS) is 1. The summed E-state index contributed by atoms with van der Waals surface area (Å²) in [7, 11) is 1.91. The molecule has 42 heavy (non-hydrogen) atoms. The van der Waals surface area contributed by atoms with Gasteiger partial charge in [0.2, 0.25) is 0 Å². The standard InChI is InChI=1S/C32H32FN5O3S/c1-19-14-35-23(17-34-19)18-41-24-10-11-27-25(13-24)29(42-32(2,3)4)28(38(27)5)26(31(39)40)12-20-6-8-21(9-7-20)30-36-15-22(33)16-37-30/h6-11,13-17,26H,12,18H2,1-5H3,(H,39,40). The molecule has 1 unspecified atom stereocenters. The second kappa shape index (κ2) is 11.9. The zero-order chi connectivity index (χ0) is 30.0. The number of halogens is 1. The van der Waals surface area contributed by atoms with Gasteiger partial charge in [-0.25, -0.2) is 14.4 Å². The molecule has 0 bridgehead atoms. The van der Waals surface area contributed by atoms with Crippen molar-refractivity contribution in [3.63, 3.8) is 0 Å². The third-order valence-electron chi connectivity index (χ3n) is 6.70. The summed E-state index contributed by atoms with van der Waals surface area (Å²) in [5, 5.41) is 11.4. The number of thioether (sulfide) groups is 1. The Kier molecular flexibility index (Phi) is 8.27. The fourth-order valence-electron chi connectivity index (χ4n) is 4.74. The van der Waals surface area contributed by atoms with E-state index in [4.69, 9.17) is 4.74 Å². The molecular weight excluding hydrogens is 553 g/mol. The van der Waals surface area contributed by atoms with E-state index >= 15 is 0 Å². The van der Waals surface area contributed by atoms with Crippen LogP contribution in [-0.2, 0) is 24.9 Å². The zero-order valence-corrected chi connectivity index (χ0v) is 24.9. The van der Waals surface area contributed by atoms with Gasteiger partial charge in [0.25, 0.3) is 0 Å². The number of hydrogen-bond acceptors (Lipinski definition) is 7. The number of aryl methyl sites for hydroxylation is 2. The number of hydrogen-bond donors (Lipinski definition) is 1. The highest BCUT2D eigenvalue weighted by Gasteiger charge is 2.31. The maximum absolute atomic E-state index is 13.2. The fraction of sp³-hybridized carbons (Fsp3) is 0.281. The van der Waals surface area contributed by atoms with E-state index in [0.717, 1.165) is 56.4 Å². The number of carboxylic acids is 1. The van der Waals surface area contributed by atoms with Crippen molar-refractivity contribution in [3.8, 4) is 17.1 Å². The van der Waals surface area contributed by atoms with Crippen LogP contribution in [0.25, 0.3) is 22.3 Å². The van der Waals surface area contributed by atoms with Gasteiger partial charge in [0.15, 0.2) is 11.6 Å². The lowest BCUT2D eigenvalue weighted by Gasteiger charge is -2.22. The van der Waals surface area contributed by atoms with Gasteiger partial charge < -0.3 is 14.4 Å². The van der Waals surface area contributed by atoms with Gasteiger partial charge in [-0.2, -0.15) is 0 Å². The third kappa shape index (κ3) is 6.60. The van der Waals surface area contributed by atoms with Crippen molar-refractivity contribution < 1.29 is 19.0 Å². The quantitative estimate of drug-likeness (QED) is 0.190. The lowest BCUT2D eigenvalue weighted by Crippen LogP contribution is -2.19. The van der Waals surface area contributed by atoms with Crippen LogP contribution in [0.15, 0.2) is 72.1 Å². The number of benzene rings is 2. The molecule has 0 amide bonds. The molecule has 216 valence electrons. The second-order valence-electron chi connectivity index (χ2n) is 11.1. The molecule has 0 spiro atoms. The number of ether oxygens (including phenoxy) is 1. The van der Waals surface area contributed by atoms with Crippen LogP contribution in [0, 0.1) is 12.7 Å². The Morgan fingerprint density at radius 1 is 1.02 bits per heavy atom. The molecule has 0 aliphatic rings. The minimum atomic E-state index is -0.906. The summed E-state index contributed by atoms with van der Waals surface area (Å²) in [5.74, 6) is -1.13. The number of aliphatic carboxylic acids is 1. The Morgan fingerprint density at radius 2 is 1.74 bits per heavy atom. The Morgan fingerprint density at radius 3 is 2.36 bits per heavy atom. The largest absolute Gasteiger partial charge is 0.487 e. The molecule has 1 N–H and O–H groups in total. The highest BCUT2D eigenvalue weighted by Crippen LogP contribution is 2.45. The van der Waals surface area contributed by atoms with E-state index in [2.05, 4.69) is 40.7 Å². The molecule has 0 saturated carbocycles. The Labute approximate surface area is 248 Å². The molecule has 10 heteroatoms. The minimum Gasteiger partial charge on any atom is -0.487 e. The summed E-state index contributed by atoms with van der Waals surface area (Å²) in [5.41, 5.74) is 4.81. The normalized spacial score (nSPS) is 12.4. The Bertz CT molecular complexity index is 1710. The predicted molar refractivity (Wildman–Crippen MR) is 161 cm³/mol. The van der Waals surface area contributed by atoms with E-state index in [0.29, 0.717) is 11.6 Å². The summed E-state index contributed by atoms with van der Waals surface area (Å²) in [4.78, 5) is 30.4. The molecule has 3 heterocycles. The first-order valence-electron chi connectivity index (χ1n) is 13.5. The van der Waals surface area contributed by atoms with E-state index in [1.165, 1.54) is 0 Å². The molecule has 0 aliphatic heterocycles. The lowest BCUT2D eigenvalue weighted by atomic mass is 9.95. The van der Waals surface area contributed by atoms with Crippen molar-refractivity contribution >= 4 is 28.6 Å². The monoisotopic (exact) mass is 585 g/mol. The van der Waals surface area contributed by atoms with E-state index < -0.39 is 17.7 Å². The number of rotatable bonds is 9. The van der Waals surface area contributed by atoms with Gasteiger partial charge in [-0.05, 0) is 37.1 Å². The molecule has 1 atom stereocenters. The topological polar surface area (TPSA) is 103 Å².